The average molecular weight is 291 g/mol. The molecule has 1 fully saturated rings. The highest BCUT2D eigenvalue weighted by Gasteiger charge is 2.21. The molecule has 0 spiro atoms. The van der Waals surface area contributed by atoms with Crippen LogP contribution >= 0.6 is 0 Å². The summed E-state index contributed by atoms with van der Waals surface area (Å²) in [4.78, 5) is 12.7. The van der Waals surface area contributed by atoms with Gasteiger partial charge in [0.15, 0.2) is 11.5 Å². The zero-order valence-corrected chi connectivity index (χ0v) is 11.5. The molecule has 0 bridgehead atoms. The number of hydrogen-bond acceptors (Lipinski definition) is 7. The summed E-state index contributed by atoms with van der Waals surface area (Å²) < 4.78 is 1.42. The van der Waals surface area contributed by atoms with Gasteiger partial charge >= 0.3 is 5.97 Å². The molecule has 1 aliphatic rings. The second-order valence-electron chi connectivity index (χ2n) is 5.20. The minimum atomic E-state index is -0.825. The number of carbonyl (C=O) groups is 1. The van der Waals surface area contributed by atoms with E-state index in [0.29, 0.717) is 18.1 Å². The van der Waals surface area contributed by atoms with Crippen LogP contribution < -0.4 is 10.2 Å². The number of anilines is 1. The van der Waals surface area contributed by atoms with Crippen molar-refractivity contribution in [2.24, 2.45) is 5.92 Å². The van der Waals surface area contributed by atoms with Crippen molar-refractivity contribution in [2.75, 3.05) is 31.1 Å². The third-order valence-electron chi connectivity index (χ3n) is 3.61. The lowest BCUT2D eigenvalue weighted by molar-refractivity contribution is -0.136. The quantitative estimate of drug-likeness (QED) is 0.752. The second kappa shape index (κ2) is 6.00. The molecule has 1 aliphatic heterocycles. The molecule has 3 heterocycles. The molecule has 9 nitrogen and oxygen atoms in total. The number of hydrogen-bond donors (Lipinski definition) is 2. The molecule has 0 amide bonds. The van der Waals surface area contributed by atoms with Crippen LogP contribution in [0.2, 0.25) is 0 Å². The summed E-state index contributed by atoms with van der Waals surface area (Å²) in [6, 6.07) is 3.76. The van der Waals surface area contributed by atoms with E-state index in [1.807, 2.05) is 12.1 Å². The molecule has 21 heavy (non-hydrogen) atoms. The summed E-state index contributed by atoms with van der Waals surface area (Å²) in [6.45, 7) is 2.50. The number of nitrogens with one attached hydrogen (secondary N) is 1. The van der Waals surface area contributed by atoms with Crippen LogP contribution in [0.1, 0.15) is 12.8 Å². The summed E-state index contributed by atoms with van der Waals surface area (Å²) in [6.07, 6.45) is 2.16. The number of nitrogens with zero attached hydrogens (tertiary/aromatic N) is 6. The number of aromatic nitrogens is 5. The Kier molecular flexibility index (Phi) is 3.91. The lowest BCUT2D eigenvalue weighted by atomic mass is 9.98. The molecular formula is C12H17N7O2. The first kappa shape index (κ1) is 13.7. The lowest BCUT2D eigenvalue weighted by Crippen LogP contribution is -2.41. The van der Waals surface area contributed by atoms with Crippen molar-refractivity contribution in [2.45, 2.75) is 12.8 Å². The molecule has 3 rings (SSSR count). The van der Waals surface area contributed by atoms with Crippen LogP contribution in [0.3, 0.4) is 0 Å². The van der Waals surface area contributed by atoms with Gasteiger partial charge in [0.2, 0.25) is 0 Å². The van der Waals surface area contributed by atoms with E-state index in [2.05, 4.69) is 30.8 Å². The fourth-order valence-electron chi connectivity index (χ4n) is 2.63. The lowest BCUT2D eigenvalue weighted by Gasteiger charge is -2.33. The maximum atomic E-state index is 10.5. The number of aliphatic carboxylic acids is 1. The van der Waals surface area contributed by atoms with Gasteiger partial charge in [-0.15, -0.1) is 14.8 Å². The van der Waals surface area contributed by atoms with Crippen LogP contribution in [0.15, 0.2) is 12.1 Å². The van der Waals surface area contributed by atoms with E-state index in [4.69, 9.17) is 5.11 Å². The van der Waals surface area contributed by atoms with Crippen molar-refractivity contribution < 1.29 is 9.90 Å². The summed E-state index contributed by atoms with van der Waals surface area (Å²) in [7, 11) is 0. The molecule has 9 heteroatoms. The molecule has 1 saturated heterocycles. The molecule has 112 valence electrons. The van der Waals surface area contributed by atoms with Gasteiger partial charge in [0.1, 0.15) is 0 Å². The number of fused-ring (bicyclic) bond motifs is 1. The molecule has 2 aromatic rings. The average Bonchev–Trinajstić information content (AvgIpc) is 2.94. The first-order valence-corrected chi connectivity index (χ1v) is 6.95. The Hall–Kier alpha value is -2.29. The monoisotopic (exact) mass is 291 g/mol. The molecule has 2 aromatic heterocycles. The standard InChI is InChI=1S/C12H17N7O2/c20-12(21)7-13-6-9-2-1-5-18(8-9)11-4-3-10-14-16-17-19(10)15-11/h3-4,9,13H,1-2,5-8H2,(H,20,21). The molecule has 2 N–H and O–H groups in total. The normalized spacial score (nSPS) is 19.0. The third-order valence-corrected chi connectivity index (χ3v) is 3.61. The zero-order valence-electron chi connectivity index (χ0n) is 11.5. The van der Waals surface area contributed by atoms with Crippen LogP contribution in [0.4, 0.5) is 5.82 Å². The number of carboxylic acids is 1. The highest BCUT2D eigenvalue weighted by Crippen LogP contribution is 2.21. The molecule has 1 atom stereocenters. The summed E-state index contributed by atoms with van der Waals surface area (Å²) in [5.41, 5.74) is 0.621. The molecule has 0 aromatic carbocycles. The van der Waals surface area contributed by atoms with Crippen molar-refractivity contribution in [1.29, 1.82) is 0 Å². The van der Waals surface area contributed by atoms with E-state index in [0.717, 1.165) is 31.7 Å². The Morgan fingerprint density at radius 2 is 2.38 bits per heavy atom. The summed E-state index contributed by atoms with van der Waals surface area (Å²) >= 11 is 0. The van der Waals surface area contributed by atoms with E-state index in [1.54, 1.807) is 0 Å². The van der Waals surface area contributed by atoms with Crippen molar-refractivity contribution in [3.05, 3.63) is 12.1 Å². The van der Waals surface area contributed by atoms with Crippen LogP contribution in [0.5, 0.6) is 0 Å². The van der Waals surface area contributed by atoms with Gasteiger partial charge in [-0.25, -0.2) is 0 Å². The van der Waals surface area contributed by atoms with Crippen LogP contribution in [-0.2, 0) is 4.79 Å². The summed E-state index contributed by atoms with van der Waals surface area (Å²) in [5.74, 6) is 0.440. The van der Waals surface area contributed by atoms with Gasteiger partial charge in [0.05, 0.1) is 6.54 Å². The van der Waals surface area contributed by atoms with Crippen molar-refractivity contribution in [3.8, 4) is 0 Å². The van der Waals surface area contributed by atoms with E-state index in [-0.39, 0.29) is 6.54 Å². The smallest absolute Gasteiger partial charge is 0.317 e. The fourth-order valence-corrected chi connectivity index (χ4v) is 2.63. The summed E-state index contributed by atoms with van der Waals surface area (Å²) in [5, 5.41) is 27.2. The van der Waals surface area contributed by atoms with Gasteiger partial charge in [-0.2, -0.15) is 0 Å². The zero-order chi connectivity index (χ0) is 14.7. The SMILES string of the molecule is O=C(O)CNCC1CCCN(c2ccc3nnnn3n2)C1. The van der Waals surface area contributed by atoms with E-state index in [1.165, 1.54) is 4.63 Å². The number of carboxylic acid groups (broad SMARTS) is 1. The minimum Gasteiger partial charge on any atom is -0.480 e. The fraction of sp³-hybridized carbons (Fsp3) is 0.583. The van der Waals surface area contributed by atoms with E-state index in [9.17, 15) is 4.79 Å². The Labute approximate surface area is 120 Å². The predicted molar refractivity (Wildman–Crippen MR) is 74.0 cm³/mol. The molecule has 0 radical (unpaired) electrons. The van der Waals surface area contributed by atoms with E-state index < -0.39 is 5.97 Å². The number of tetrazole rings is 1. The largest absolute Gasteiger partial charge is 0.480 e. The Morgan fingerprint density at radius 1 is 1.48 bits per heavy atom. The van der Waals surface area contributed by atoms with Crippen LogP contribution in [0.25, 0.3) is 5.65 Å². The maximum absolute atomic E-state index is 10.5. The van der Waals surface area contributed by atoms with Gasteiger partial charge in [-0.3, -0.25) is 4.79 Å². The first-order valence-electron chi connectivity index (χ1n) is 6.95. The first-order chi connectivity index (χ1) is 10.2. The van der Waals surface area contributed by atoms with Crippen molar-refractivity contribution in [3.63, 3.8) is 0 Å². The molecule has 0 aliphatic carbocycles. The van der Waals surface area contributed by atoms with Gasteiger partial charge in [0, 0.05) is 19.6 Å². The number of rotatable bonds is 5. The highest BCUT2D eigenvalue weighted by atomic mass is 16.4. The second-order valence-corrected chi connectivity index (χ2v) is 5.20. The van der Waals surface area contributed by atoms with Gasteiger partial charge < -0.3 is 15.3 Å². The number of piperidine rings is 1. The van der Waals surface area contributed by atoms with Gasteiger partial charge in [-0.1, -0.05) is 0 Å². The van der Waals surface area contributed by atoms with Crippen molar-refractivity contribution >= 4 is 17.4 Å². The van der Waals surface area contributed by atoms with Crippen molar-refractivity contribution in [1.82, 2.24) is 30.6 Å². The van der Waals surface area contributed by atoms with Crippen LogP contribution in [-0.4, -0.2) is 62.5 Å². The van der Waals surface area contributed by atoms with Gasteiger partial charge in [-0.05, 0) is 41.3 Å². The Morgan fingerprint density at radius 3 is 3.24 bits per heavy atom. The van der Waals surface area contributed by atoms with Crippen LogP contribution in [0, 0.1) is 5.92 Å². The molecular weight excluding hydrogens is 274 g/mol. The molecule has 0 saturated carbocycles. The van der Waals surface area contributed by atoms with E-state index >= 15 is 0 Å². The molecule has 1 unspecified atom stereocenters. The highest BCUT2D eigenvalue weighted by molar-refractivity contribution is 5.68. The third kappa shape index (κ3) is 3.24. The topological polar surface area (TPSA) is 109 Å². The predicted octanol–water partition coefficient (Wildman–Crippen LogP) is -0.590. The maximum Gasteiger partial charge on any atom is 0.317 e. The Balaban J connectivity index is 1.63. The minimum absolute atomic E-state index is 0.00529. The van der Waals surface area contributed by atoms with Gasteiger partial charge in [0.25, 0.3) is 0 Å². The Bertz CT molecular complexity index is 629.